The summed E-state index contributed by atoms with van der Waals surface area (Å²) in [6, 6.07) is 10.7. The molecule has 0 saturated carbocycles. The second kappa shape index (κ2) is 7.51. The summed E-state index contributed by atoms with van der Waals surface area (Å²) in [6.45, 7) is 3.25. The summed E-state index contributed by atoms with van der Waals surface area (Å²) in [5.74, 6) is -0.855. The summed E-state index contributed by atoms with van der Waals surface area (Å²) in [5.41, 5.74) is -0.165. The first-order valence-corrected chi connectivity index (χ1v) is 8.68. The number of fused-ring (bicyclic) bond motifs is 1. The Labute approximate surface area is 164 Å². The molecule has 0 atom stereocenters. The summed E-state index contributed by atoms with van der Waals surface area (Å²) in [6.07, 6.45) is -3.75. The third-order valence-corrected chi connectivity index (χ3v) is 4.26. The van der Waals surface area contributed by atoms with E-state index in [2.05, 4.69) is 4.74 Å². The Morgan fingerprint density at radius 3 is 2.34 bits per heavy atom. The van der Waals surface area contributed by atoms with Crippen LogP contribution in [-0.2, 0) is 10.9 Å². The molecule has 29 heavy (non-hydrogen) atoms. The molecule has 5 nitrogen and oxygen atoms in total. The molecule has 3 aromatic rings. The van der Waals surface area contributed by atoms with Crippen molar-refractivity contribution in [3.05, 3.63) is 59.3 Å². The van der Waals surface area contributed by atoms with E-state index in [0.717, 1.165) is 0 Å². The molecule has 0 saturated heterocycles. The molecule has 1 aromatic carbocycles. The van der Waals surface area contributed by atoms with Crippen LogP contribution in [0.5, 0.6) is 5.75 Å². The Balaban J connectivity index is 2.26. The zero-order chi connectivity index (χ0) is 21.3. The fourth-order valence-electron chi connectivity index (χ4n) is 3.11. The topological polar surface area (TPSA) is 63.7 Å². The fourth-order valence-corrected chi connectivity index (χ4v) is 3.11. The number of ether oxygens (including phenoxy) is 2. The van der Waals surface area contributed by atoms with Gasteiger partial charge in [-0.1, -0.05) is 12.1 Å². The predicted octanol–water partition coefficient (Wildman–Crippen LogP) is 5.07. The normalized spacial score (nSPS) is 11.5. The van der Waals surface area contributed by atoms with Crippen molar-refractivity contribution in [2.75, 3.05) is 7.11 Å². The molecule has 0 unspecified atom stereocenters. The lowest BCUT2D eigenvalue weighted by atomic mass is 10.1. The van der Waals surface area contributed by atoms with Crippen LogP contribution in [0.3, 0.4) is 0 Å². The number of alkyl halides is 3. The maximum atomic E-state index is 13.9. The molecular weight excluding hydrogens is 385 g/mol. The summed E-state index contributed by atoms with van der Waals surface area (Å²) in [7, 11) is 1.26. The van der Waals surface area contributed by atoms with Gasteiger partial charge >= 0.3 is 12.1 Å². The van der Waals surface area contributed by atoms with E-state index in [0.29, 0.717) is 16.8 Å². The Bertz CT molecular complexity index is 1110. The van der Waals surface area contributed by atoms with Crippen molar-refractivity contribution in [1.82, 2.24) is 4.40 Å². The maximum Gasteiger partial charge on any atom is 0.422 e. The number of pyridine rings is 1. The average Bonchev–Trinajstić information content (AvgIpc) is 3.04. The molecule has 0 fully saturated rings. The highest BCUT2D eigenvalue weighted by Crippen LogP contribution is 2.42. The van der Waals surface area contributed by atoms with E-state index in [9.17, 15) is 23.2 Å². The monoisotopic (exact) mass is 402 g/mol. The van der Waals surface area contributed by atoms with Crippen molar-refractivity contribution in [1.29, 1.82) is 5.26 Å². The van der Waals surface area contributed by atoms with Gasteiger partial charge in [0.1, 0.15) is 17.4 Å². The maximum absolute atomic E-state index is 13.9. The van der Waals surface area contributed by atoms with Gasteiger partial charge in [0.25, 0.3) is 0 Å². The number of carbonyl (C=O) groups is 1. The summed E-state index contributed by atoms with van der Waals surface area (Å²) < 4.78 is 53.0. The highest BCUT2D eigenvalue weighted by molar-refractivity contribution is 5.90. The van der Waals surface area contributed by atoms with Crippen LogP contribution in [0.2, 0.25) is 0 Å². The van der Waals surface area contributed by atoms with Crippen LogP contribution in [-0.4, -0.2) is 23.6 Å². The second-order valence-electron chi connectivity index (χ2n) is 6.56. The molecule has 0 bridgehead atoms. The Hall–Kier alpha value is -3.47. The van der Waals surface area contributed by atoms with E-state index in [-0.39, 0.29) is 16.8 Å². The van der Waals surface area contributed by atoms with Crippen LogP contribution >= 0.6 is 0 Å². The van der Waals surface area contributed by atoms with Crippen molar-refractivity contribution >= 4 is 11.5 Å². The van der Waals surface area contributed by atoms with Gasteiger partial charge in [0, 0.05) is 6.20 Å². The standard InChI is InChI=1S/C21H17F3N2O3/c1-12(2)29-17-8-9-26-16(13-4-6-14(7-5-13)20(27)28-3)10-15(11-25)19(26)18(17)21(22,23)24/h4-10,12H,1-3H3. The third-order valence-electron chi connectivity index (χ3n) is 4.26. The lowest BCUT2D eigenvalue weighted by Gasteiger charge is -2.18. The van der Waals surface area contributed by atoms with Crippen molar-refractivity contribution in [2.24, 2.45) is 0 Å². The average molecular weight is 402 g/mol. The van der Waals surface area contributed by atoms with Gasteiger partial charge in [-0.05, 0) is 43.7 Å². The van der Waals surface area contributed by atoms with Crippen molar-refractivity contribution < 1.29 is 27.4 Å². The molecule has 0 aliphatic rings. The van der Waals surface area contributed by atoms with Gasteiger partial charge in [0.2, 0.25) is 0 Å². The quantitative estimate of drug-likeness (QED) is 0.572. The van der Waals surface area contributed by atoms with Gasteiger partial charge in [0.05, 0.1) is 35.6 Å². The molecule has 2 heterocycles. The first kappa shape index (κ1) is 20.3. The van der Waals surface area contributed by atoms with E-state index >= 15 is 0 Å². The number of halogens is 3. The largest absolute Gasteiger partial charge is 0.490 e. The summed E-state index contributed by atoms with van der Waals surface area (Å²) in [4.78, 5) is 11.6. The van der Waals surface area contributed by atoms with E-state index in [1.54, 1.807) is 26.0 Å². The number of hydrogen-bond donors (Lipinski definition) is 0. The van der Waals surface area contributed by atoms with Crippen molar-refractivity contribution in [3.8, 4) is 23.1 Å². The van der Waals surface area contributed by atoms with Crippen LogP contribution in [0, 0.1) is 11.3 Å². The van der Waals surface area contributed by atoms with Gasteiger partial charge in [-0.3, -0.25) is 0 Å². The Morgan fingerprint density at radius 2 is 1.83 bits per heavy atom. The van der Waals surface area contributed by atoms with Gasteiger partial charge in [0.15, 0.2) is 0 Å². The Morgan fingerprint density at radius 1 is 1.17 bits per heavy atom. The number of aromatic nitrogens is 1. The number of rotatable bonds is 4. The second-order valence-corrected chi connectivity index (χ2v) is 6.56. The first-order valence-electron chi connectivity index (χ1n) is 8.68. The fraction of sp³-hybridized carbons (Fsp3) is 0.238. The lowest BCUT2D eigenvalue weighted by molar-refractivity contribution is -0.138. The number of nitriles is 1. The number of methoxy groups -OCH3 is 1. The van der Waals surface area contributed by atoms with Crippen LogP contribution < -0.4 is 4.74 Å². The van der Waals surface area contributed by atoms with E-state index in [1.807, 2.05) is 6.07 Å². The molecule has 0 spiro atoms. The highest BCUT2D eigenvalue weighted by Gasteiger charge is 2.39. The molecule has 0 aliphatic heterocycles. The Kier molecular flexibility index (Phi) is 5.25. The molecule has 0 N–H and O–H groups in total. The zero-order valence-corrected chi connectivity index (χ0v) is 15.9. The lowest BCUT2D eigenvalue weighted by Crippen LogP contribution is -2.14. The van der Waals surface area contributed by atoms with Gasteiger partial charge < -0.3 is 13.9 Å². The molecular formula is C21H17F3N2O3. The SMILES string of the molecule is COC(=O)c1ccc(-c2cc(C#N)c3c(C(F)(F)F)c(OC(C)C)ccn23)cc1. The number of nitrogens with zero attached hydrogens (tertiary/aromatic N) is 2. The number of hydrogen-bond acceptors (Lipinski definition) is 4. The summed E-state index contributed by atoms with van der Waals surface area (Å²) >= 11 is 0. The van der Waals surface area contributed by atoms with E-state index < -0.39 is 23.8 Å². The predicted molar refractivity (Wildman–Crippen MR) is 99.7 cm³/mol. The molecule has 150 valence electrons. The molecule has 0 amide bonds. The van der Waals surface area contributed by atoms with Gasteiger partial charge in [-0.25, -0.2) is 4.79 Å². The molecule has 8 heteroatoms. The molecule has 0 aliphatic carbocycles. The smallest absolute Gasteiger partial charge is 0.422 e. The van der Waals surface area contributed by atoms with Crippen molar-refractivity contribution in [2.45, 2.75) is 26.1 Å². The van der Waals surface area contributed by atoms with Crippen LogP contribution in [0.1, 0.15) is 35.3 Å². The van der Waals surface area contributed by atoms with E-state index in [4.69, 9.17) is 4.74 Å². The summed E-state index contributed by atoms with van der Waals surface area (Å²) in [5, 5.41) is 9.47. The third kappa shape index (κ3) is 3.76. The minimum absolute atomic E-state index is 0.126. The minimum atomic E-state index is -4.72. The number of esters is 1. The van der Waals surface area contributed by atoms with Crippen LogP contribution in [0.15, 0.2) is 42.6 Å². The van der Waals surface area contributed by atoms with E-state index in [1.165, 1.54) is 42.0 Å². The van der Waals surface area contributed by atoms with Crippen LogP contribution in [0.25, 0.3) is 16.8 Å². The highest BCUT2D eigenvalue weighted by atomic mass is 19.4. The van der Waals surface area contributed by atoms with Crippen molar-refractivity contribution in [3.63, 3.8) is 0 Å². The van der Waals surface area contributed by atoms with Crippen LogP contribution in [0.4, 0.5) is 13.2 Å². The number of carbonyl (C=O) groups excluding carboxylic acids is 1. The molecule has 2 aromatic heterocycles. The number of benzene rings is 1. The minimum Gasteiger partial charge on any atom is -0.490 e. The first-order chi connectivity index (χ1) is 13.7. The molecule has 3 rings (SSSR count). The molecule has 0 radical (unpaired) electrons. The van der Waals surface area contributed by atoms with Gasteiger partial charge in [-0.2, -0.15) is 18.4 Å². The van der Waals surface area contributed by atoms with Gasteiger partial charge in [-0.15, -0.1) is 0 Å². The zero-order valence-electron chi connectivity index (χ0n) is 15.9.